The van der Waals surface area contributed by atoms with E-state index in [2.05, 4.69) is 4.99 Å². The number of rotatable bonds is 0. The van der Waals surface area contributed by atoms with E-state index in [0.29, 0.717) is 0 Å². The molecule has 59 valence electrons. The molecule has 1 aliphatic carbocycles. The highest BCUT2D eigenvalue weighted by Gasteiger charge is 2.25. The third-order valence-corrected chi connectivity index (χ3v) is 3.10. The lowest BCUT2D eigenvalue weighted by atomic mass is 10.2. The van der Waals surface area contributed by atoms with E-state index in [1.807, 2.05) is 0 Å². The van der Waals surface area contributed by atoms with Crippen LogP contribution in [0.3, 0.4) is 0 Å². The molecule has 2 N–H and O–H groups in total. The summed E-state index contributed by atoms with van der Waals surface area (Å²) in [5, 5.41) is 0.747. The highest BCUT2D eigenvalue weighted by atomic mass is 32.2. The zero-order chi connectivity index (χ0) is 7.68. The minimum atomic E-state index is 0.747. The van der Waals surface area contributed by atoms with E-state index in [4.69, 9.17) is 5.73 Å². The van der Waals surface area contributed by atoms with Crippen LogP contribution in [-0.2, 0) is 0 Å². The van der Waals surface area contributed by atoms with E-state index in [0.717, 1.165) is 11.6 Å². The van der Waals surface area contributed by atoms with Gasteiger partial charge >= 0.3 is 5.17 Å². The molecule has 0 aromatic rings. The van der Waals surface area contributed by atoms with Gasteiger partial charge in [0.2, 0.25) is 0 Å². The lowest BCUT2D eigenvalue weighted by molar-refractivity contribution is 0.705. The Hall–Kier alpha value is -0.440. The van der Waals surface area contributed by atoms with Gasteiger partial charge in [0, 0.05) is 23.1 Å². The van der Waals surface area contributed by atoms with Gasteiger partial charge in [-0.3, -0.25) is 5.73 Å². The summed E-state index contributed by atoms with van der Waals surface area (Å²) in [7, 11) is 0. The summed E-state index contributed by atoms with van der Waals surface area (Å²) in [6.45, 7) is 0. The van der Waals surface area contributed by atoms with Crippen molar-refractivity contribution in [1.29, 1.82) is 0 Å². The second-order valence-corrected chi connectivity index (χ2v) is 4.10. The molecule has 0 fully saturated rings. The maximum atomic E-state index is 5.62. The van der Waals surface area contributed by atoms with Gasteiger partial charge in [-0.25, -0.2) is 0 Å². The van der Waals surface area contributed by atoms with Crippen molar-refractivity contribution in [2.75, 3.05) is 0 Å². The zero-order valence-corrected chi connectivity index (χ0v) is 7.28. The average Bonchev–Trinajstić information content (AvgIpc) is 2.17. The summed E-state index contributed by atoms with van der Waals surface area (Å²) in [4.78, 5) is 5.74. The van der Waals surface area contributed by atoms with Gasteiger partial charge in [-0.2, -0.15) is 0 Å². The third-order valence-electron chi connectivity index (χ3n) is 2.11. The lowest BCUT2D eigenvalue weighted by Crippen LogP contribution is -2.09. The SMILES string of the molecule is NC1=[N+]C2=C(CCCCC2)S1. The summed E-state index contributed by atoms with van der Waals surface area (Å²) in [6, 6.07) is 0. The average molecular weight is 168 g/mol. The predicted octanol–water partition coefficient (Wildman–Crippen LogP) is 1.56. The molecular weight excluding hydrogens is 156 g/mol. The zero-order valence-electron chi connectivity index (χ0n) is 6.47. The molecule has 1 aliphatic heterocycles. The molecule has 0 amide bonds. The second-order valence-electron chi connectivity index (χ2n) is 2.98. The number of thioether (sulfide) groups is 1. The molecule has 3 heteroatoms. The maximum Gasteiger partial charge on any atom is 0.355 e. The second kappa shape index (κ2) is 2.89. The van der Waals surface area contributed by atoms with Gasteiger partial charge in [-0.15, -0.1) is 0 Å². The molecule has 2 nitrogen and oxygen atoms in total. The van der Waals surface area contributed by atoms with Gasteiger partial charge in [0.25, 0.3) is 0 Å². The van der Waals surface area contributed by atoms with Crippen LogP contribution in [0.4, 0.5) is 0 Å². The van der Waals surface area contributed by atoms with Crippen molar-refractivity contribution in [3.8, 4) is 0 Å². The fourth-order valence-corrected chi connectivity index (χ4v) is 2.47. The van der Waals surface area contributed by atoms with Crippen molar-refractivity contribution in [3.63, 3.8) is 0 Å². The topological polar surface area (TPSA) is 40.1 Å². The molecule has 0 unspecified atom stereocenters. The van der Waals surface area contributed by atoms with Gasteiger partial charge in [-0.05, 0) is 24.3 Å². The molecule has 0 saturated carbocycles. The predicted molar refractivity (Wildman–Crippen MR) is 49.0 cm³/mol. The molecule has 0 aromatic heterocycles. The first-order valence-electron chi connectivity index (χ1n) is 4.10. The first kappa shape index (κ1) is 7.22. The Labute approximate surface area is 71.0 Å². The molecule has 0 atom stereocenters. The third kappa shape index (κ3) is 1.43. The van der Waals surface area contributed by atoms with Crippen LogP contribution < -0.4 is 10.7 Å². The number of amidine groups is 1. The Morgan fingerprint density at radius 2 is 2.00 bits per heavy atom. The Bertz CT molecular complexity index is 230. The molecule has 0 spiro atoms. The van der Waals surface area contributed by atoms with Crippen LogP contribution in [0.5, 0.6) is 0 Å². The van der Waals surface area contributed by atoms with Gasteiger partial charge < -0.3 is 0 Å². The first-order valence-corrected chi connectivity index (χ1v) is 4.92. The van der Waals surface area contributed by atoms with Crippen LogP contribution >= 0.6 is 11.8 Å². The summed E-state index contributed by atoms with van der Waals surface area (Å²) in [5.41, 5.74) is 6.89. The molecule has 1 heterocycles. The molecular formula is C8H12N2S+. The Balaban J connectivity index is 2.17. The Kier molecular flexibility index (Phi) is 1.90. The normalized spacial score (nSPS) is 24.5. The highest BCUT2D eigenvalue weighted by Crippen LogP contribution is 2.33. The van der Waals surface area contributed by atoms with Crippen molar-refractivity contribution in [2.45, 2.75) is 32.1 Å². The first-order chi connectivity index (χ1) is 5.36. The number of allylic oxidation sites excluding steroid dienone is 2. The number of aliphatic imine (C=N–C) groups is 1. The minimum Gasteiger partial charge on any atom is -0.278 e. The van der Waals surface area contributed by atoms with E-state index >= 15 is 0 Å². The van der Waals surface area contributed by atoms with E-state index in [-0.39, 0.29) is 0 Å². The molecule has 0 bridgehead atoms. The van der Waals surface area contributed by atoms with Crippen molar-refractivity contribution in [2.24, 2.45) is 5.73 Å². The molecule has 11 heavy (non-hydrogen) atoms. The van der Waals surface area contributed by atoms with E-state index in [1.165, 1.54) is 36.3 Å². The van der Waals surface area contributed by atoms with Crippen LogP contribution in [-0.4, -0.2) is 5.17 Å². The van der Waals surface area contributed by atoms with Crippen LogP contribution in [0.2, 0.25) is 0 Å². The Morgan fingerprint density at radius 3 is 2.91 bits per heavy atom. The molecule has 0 saturated heterocycles. The molecule has 0 aromatic carbocycles. The minimum absolute atomic E-state index is 0.747. The van der Waals surface area contributed by atoms with Crippen LogP contribution in [0.25, 0.3) is 0 Å². The number of nitrogens with zero attached hydrogens (tertiary/aromatic N) is 1. The molecule has 2 aliphatic rings. The monoisotopic (exact) mass is 168 g/mol. The van der Waals surface area contributed by atoms with Crippen molar-refractivity contribution in [1.82, 2.24) is 4.99 Å². The standard InChI is InChI=1S/C8H12N2S/c9-8-10-6-4-2-1-3-5-7(6)11-8/h1-5,9H2/q+1. The lowest BCUT2D eigenvalue weighted by Gasteiger charge is -1.92. The number of hydrogen-bond donors (Lipinski definition) is 1. The maximum absolute atomic E-state index is 5.62. The fourth-order valence-electron chi connectivity index (χ4n) is 1.55. The summed E-state index contributed by atoms with van der Waals surface area (Å²) in [6.07, 6.45) is 6.29. The highest BCUT2D eigenvalue weighted by molar-refractivity contribution is 8.17. The summed E-state index contributed by atoms with van der Waals surface area (Å²) < 4.78 is 0. The number of hydrogen-bond acceptors (Lipinski definition) is 3. The van der Waals surface area contributed by atoms with Crippen molar-refractivity contribution in [3.05, 3.63) is 10.6 Å². The number of nitrogens with two attached hydrogens (primary N) is 1. The van der Waals surface area contributed by atoms with Crippen molar-refractivity contribution >= 4 is 16.9 Å². The van der Waals surface area contributed by atoms with Crippen LogP contribution in [0.1, 0.15) is 32.1 Å². The van der Waals surface area contributed by atoms with E-state index in [9.17, 15) is 0 Å². The van der Waals surface area contributed by atoms with Gasteiger partial charge in [0.15, 0.2) is 5.70 Å². The fraction of sp³-hybridized carbons (Fsp3) is 0.625. The van der Waals surface area contributed by atoms with Crippen LogP contribution in [0.15, 0.2) is 10.6 Å². The summed E-state index contributed by atoms with van der Waals surface area (Å²) in [5.74, 6) is 0. The summed E-state index contributed by atoms with van der Waals surface area (Å²) >= 11 is 1.67. The Morgan fingerprint density at radius 1 is 1.18 bits per heavy atom. The van der Waals surface area contributed by atoms with Gasteiger partial charge in [0.05, 0.1) is 0 Å². The molecule has 2 rings (SSSR count). The smallest absolute Gasteiger partial charge is 0.278 e. The van der Waals surface area contributed by atoms with Gasteiger partial charge in [0.1, 0.15) is 0 Å². The quantitative estimate of drug-likeness (QED) is 0.596. The van der Waals surface area contributed by atoms with Crippen LogP contribution in [0, 0.1) is 0 Å². The van der Waals surface area contributed by atoms with Gasteiger partial charge in [-0.1, -0.05) is 6.42 Å². The van der Waals surface area contributed by atoms with E-state index < -0.39 is 0 Å². The van der Waals surface area contributed by atoms with Crippen molar-refractivity contribution < 1.29 is 0 Å². The molecule has 1 radical (unpaired) electrons. The largest absolute Gasteiger partial charge is 0.355 e. The van der Waals surface area contributed by atoms with E-state index in [1.54, 1.807) is 11.8 Å².